The number of carbonyl (C=O) groups excluding carboxylic acids is 1. The van der Waals surface area contributed by atoms with Crippen LogP contribution in [0.4, 0.5) is 0 Å². The van der Waals surface area contributed by atoms with Crippen LogP contribution >= 0.6 is 11.3 Å². The second kappa shape index (κ2) is 6.92. The number of nitrogens with one attached hydrogen (secondary N) is 1. The third kappa shape index (κ3) is 2.88. The Morgan fingerprint density at radius 3 is 3.04 bits per heavy atom. The van der Waals surface area contributed by atoms with E-state index in [1.54, 1.807) is 15.7 Å². The van der Waals surface area contributed by atoms with Gasteiger partial charge in [0.15, 0.2) is 4.96 Å². The third-order valence-electron chi connectivity index (χ3n) is 4.51. The zero-order valence-electron chi connectivity index (χ0n) is 14.4. The Bertz CT molecular complexity index is 1040. The molecule has 0 atom stereocenters. The van der Waals surface area contributed by atoms with Crippen molar-refractivity contribution in [3.63, 3.8) is 0 Å². The lowest BCUT2D eigenvalue weighted by atomic mass is 10.2. The number of carbonyl (C=O) groups is 1. The molecule has 0 saturated heterocycles. The Morgan fingerprint density at radius 2 is 2.19 bits per heavy atom. The fraction of sp³-hybridized carbons (Fsp3) is 0.316. The molecular weight excluding hydrogens is 350 g/mol. The van der Waals surface area contributed by atoms with E-state index in [4.69, 9.17) is 4.74 Å². The van der Waals surface area contributed by atoms with Gasteiger partial charge < -0.3 is 10.1 Å². The monoisotopic (exact) mass is 369 g/mol. The summed E-state index contributed by atoms with van der Waals surface area (Å²) >= 11 is 1.54. The van der Waals surface area contributed by atoms with Crippen molar-refractivity contribution >= 4 is 22.2 Å². The summed E-state index contributed by atoms with van der Waals surface area (Å²) in [5.74, 6) is 0.317. The van der Waals surface area contributed by atoms with Crippen LogP contribution in [0.5, 0.6) is 5.75 Å². The Balaban J connectivity index is 1.59. The minimum atomic E-state index is -0.416. The lowest BCUT2D eigenvalue weighted by molar-refractivity contribution is 0.0948. The average molecular weight is 369 g/mol. The first-order valence-electron chi connectivity index (χ1n) is 8.70. The van der Waals surface area contributed by atoms with Gasteiger partial charge in [-0.05, 0) is 32.3 Å². The van der Waals surface area contributed by atoms with Crippen molar-refractivity contribution in [2.75, 3.05) is 6.61 Å². The molecule has 1 aliphatic carbocycles. The van der Waals surface area contributed by atoms with Gasteiger partial charge >= 0.3 is 0 Å². The lowest BCUT2D eigenvalue weighted by Gasteiger charge is -2.11. The lowest BCUT2D eigenvalue weighted by Crippen LogP contribution is -2.31. The Labute approximate surface area is 154 Å². The summed E-state index contributed by atoms with van der Waals surface area (Å²) in [5.41, 5.74) is 1.67. The second-order valence-corrected chi connectivity index (χ2v) is 7.21. The molecule has 2 heterocycles. The molecule has 0 bridgehead atoms. The van der Waals surface area contributed by atoms with E-state index in [1.807, 2.05) is 31.2 Å². The first-order chi connectivity index (χ1) is 12.7. The van der Waals surface area contributed by atoms with Crippen molar-refractivity contribution in [2.24, 2.45) is 0 Å². The molecule has 6 nitrogen and oxygen atoms in total. The second-order valence-electron chi connectivity index (χ2n) is 6.14. The van der Waals surface area contributed by atoms with Crippen molar-refractivity contribution in [1.29, 1.82) is 0 Å². The van der Waals surface area contributed by atoms with E-state index in [0.717, 1.165) is 36.3 Å². The van der Waals surface area contributed by atoms with Gasteiger partial charge in [0.2, 0.25) is 0 Å². The maximum Gasteiger partial charge on any atom is 0.271 e. The van der Waals surface area contributed by atoms with Crippen molar-refractivity contribution < 1.29 is 9.53 Å². The van der Waals surface area contributed by atoms with Crippen LogP contribution in [0, 0.1) is 0 Å². The van der Waals surface area contributed by atoms with Crippen molar-refractivity contribution in [1.82, 2.24) is 14.7 Å². The summed E-state index contributed by atoms with van der Waals surface area (Å²) in [6, 6.07) is 7.53. The molecule has 0 aliphatic heterocycles. The Kier molecular flexibility index (Phi) is 4.46. The Hall–Kier alpha value is -2.67. The average Bonchev–Trinajstić information content (AvgIpc) is 3.22. The van der Waals surface area contributed by atoms with Crippen molar-refractivity contribution in [2.45, 2.75) is 32.7 Å². The summed E-state index contributed by atoms with van der Waals surface area (Å²) in [6.45, 7) is 2.76. The maximum absolute atomic E-state index is 12.8. The van der Waals surface area contributed by atoms with Crippen LogP contribution < -0.4 is 15.6 Å². The van der Waals surface area contributed by atoms with E-state index in [2.05, 4.69) is 10.3 Å². The molecule has 134 valence electrons. The van der Waals surface area contributed by atoms with Crippen LogP contribution in [-0.4, -0.2) is 21.9 Å². The minimum absolute atomic E-state index is 0.0730. The van der Waals surface area contributed by atoms with Crippen molar-refractivity contribution in [3.05, 3.63) is 62.5 Å². The highest BCUT2D eigenvalue weighted by Crippen LogP contribution is 2.28. The number of aromatic nitrogens is 2. The molecule has 1 aliphatic rings. The number of ether oxygens (including phenoxy) is 1. The fourth-order valence-electron chi connectivity index (χ4n) is 3.28. The maximum atomic E-state index is 12.8. The predicted octanol–water partition coefficient (Wildman–Crippen LogP) is 2.57. The summed E-state index contributed by atoms with van der Waals surface area (Å²) in [6.07, 6.45) is 4.28. The third-order valence-corrected chi connectivity index (χ3v) is 5.67. The molecule has 7 heteroatoms. The highest BCUT2D eigenvalue weighted by molar-refractivity contribution is 7.17. The summed E-state index contributed by atoms with van der Waals surface area (Å²) in [5, 5.41) is 2.81. The Morgan fingerprint density at radius 1 is 1.35 bits per heavy atom. The number of rotatable bonds is 5. The summed E-state index contributed by atoms with van der Waals surface area (Å²) < 4.78 is 7.18. The standard InChI is InChI=1S/C19H19N3O3S/c1-2-25-15-8-4-3-6-12(15)10-20-17(23)13-11-21-19-22(18(13)24)14-7-5-9-16(14)26-19/h3-4,6,8,11H,2,5,7,9-10H2,1H3,(H,20,23). The normalized spacial score (nSPS) is 13.0. The van der Waals surface area contributed by atoms with Gasteiger partial charge in [-0.25, -0.2) is 4.98 Å². The number of benzene rings is 1. The van der Waals surface area contributed by atoms with Gasteiger partial charge in [-0.2, -0.15) is 0 Å². The number of amides is 1. The highest BCUT2D eigenvalue weighted by Gasteiger charge is 2.22. The smallest absolute Gasteiger partial charge is 0.271 e. The van der Waals surface area contributed by atoms with Crippen LogP contribution in [0.3, 0.4) is 0 Å². The summed E-state index contributed by atoms with van der Waals surface area (Å²) in [4.78, 5) is 31.6. The molecule has 0 fully saturated rings. The van der Waals surface area contributed by atoms with E-state index in [-0.39, 0.29) is 11.1 Å². The molecule has 2 aromatic heterocycles. The van der Waals surface area contributed by atoms with Crippen molar-refractivity contribution in [3.8, 4) is 5.75 Å². The molecule has 0 spiro atoms. The number of aryl methyl sites for hydroxylation is 2. The van der Waals surface area contributed by atoms with Gasteiger partial charge in [0, 0.05) is 28.9 Å². The predicted molar refractivity (Wildman–Crippen MR) is 100 cm³/mol. The quantitative estimate of drug-likeness (QED) is 0.750. The van der Waals surface area contributed by atoms with Crippen LogP contribution in [0.25, 0.3) is 4.96 Å². The SMILES string of the molecule is CCOc1ccccc1CNC(=O)c1cnc2sc3c(n2c1=O)CCC3. The minimum Gasteiger partial charge on any atom is -0.494 e. The fourth-order valence-corrected chi connectivity index (χ4v) is 4.45. The molecule has 26 heavy (non-hydrogen) atoms. The van der Waals surface area contributed by atoms with Gasteiger partial charge in [0.1, 0.15) is 11.3 Å². The number of thiazole rings is 1. The number of hydrogen-bond donors (Lipinski definition) is 1. The van der Waals surface area contributed by atoms with Gasteiger partial charge in [-0.3, -0.25) is 14.0 Å². The molecule has 4 rings (SSSR count). The first-order valence-corrected chi connectivity index (χ1v) is 9.52. The molecule has 0 unspecified atom stereocenters. The number of nitrogens with zero attached hydrogens (tertiary/aromatic N) is 2. The van der Waals surface area contributed by atoms with E-state index >= 15 is 0 Å². The van der Waals surface area contributed by atoms with Gasteiger partial charge in [0.05, 0.1) is 6.61 Å². The van der Waals surface area contributed by atoms with Crippen LogP contribution in [0.2, 0.25) is 0 Å². The largest absolute Gasteiger partial charge is 0.494 e. The van der Waals surface area contributed by atoms with E-state index in [1.165, 1.54) is 11.1 Å². The summed E-state index contributed by atoms with van der Waals surface area (Å²) in [7, 11) is 0. The number of hydrogen-bond acceptors (Lipinski definition) is 5. The highest BCUT2D eigenvalue weighted by atomic mass is 32.1. The molecular formula is C19H19N3O3S. The van der Waals surface area contributed by atoms with Crippen LogP contribution in [0.1, 0.15) is 39.8 Å². The number of fused-ring (bicyclic) bond motifs is 3. The zero-order chi connectivity index (χ0) is 18.1. The van der Waals surface area contributed by atoms with E-state index < -0.39 is 5.91 Å². The van der Waals surface area contributed by atoms with Gasteiger partial charge in [0.25, 0.3) is 11.5 Å². The number of para-hydroxylation sites is 1. The topological polar surface area (TPSA) is 72.7 Å². The van der Waals surface area contributed by atoms with Gasteiger partial charge in [-0.1, -0.05) is 18.2 Å². The zero-order valence-corrected chi connectivity index (χ0v) is 15.3. The van der Waals surface area contributed by atoms with Crippen LogP contribution in [-0.2, 0) is 19.4 Å². The first kappa shape index (κ1) is 16.8. The van der Waals surface area contributed by atoms with Crippen LogP contribution in [0.15, 0.2) is 35.3 Å². The van der Waals surface area contributed by atoms with E-state index in [0.29, 0.717) is 18.1 Å². The molecule has 3 aromatic rings. The molecule has 0 saturated carbocycles. The molecule has 1 amide bonds. The molecule has 0 radical (unpaired) electrons. The molecule has 1 aromatic carbocycles. The van der Waals surface area contributed by atoms with Gasteiger partial charge in [-0.15, -0.1) is 11.3 Å². The molecule has 1 N–H and O–H groups in total. The van der Waals surface area contributed by atoms with E-state index in [9.17, 15) is 9.59 Å².